The molecule has 0 fully saturated rings. The van der Waals surface area contributed by atoms with Crippen LogP contribution in [0.3, 0.4) is 0 Å². The number of nitrogens with two attached hydrogens (primary N) is 1. The molecule has 0 spiro atoms. The first-order valence-corrected chi connectivity index (χ1v) is 4.88. The van der Waals surface area contributed by atoms with Crippen LogP contribution in [0.5, 0.6) is 0 Å². The van der Waals surface area contributed by atoms with Gasteiger partial charge in [-0.25, -0.2) is 4.79 Å². The van der Waals surface area contributed by atoms with Crippen molar-refractivity contribution in [2.45, 2.75) is 26.3 Å². The summed E-state index contributed by atoms with van der Waals surface area (Å²) in [4.78, 5) is 33.7. The smallest absolute Gasteiger partial charge is 0.318 e. The molecule has 16 heavy (non-hydrogen) atoms. The number of amides is 3. The molecular formula is C9H17N3O4. The number of carboxylic acid groups (broad SMARTS) is 1. The summed E-state index contributed by atoms with van der Waals surface area (Å²) >= 11 is 0. The Bertz CT molecular complexity index is 278. The number of primary amides is 1. The number of carbonyl (C=O) groups is 3. The third-order valence-electron chi connectivity index (χ3n) is 1.95. The lowest BCUT2D eigenvalue weighted by Gasteiger charge is -2.24. The first kappa shape index (κ1) is 14.4. The number of carbonyl (C=O) groups excluding carboxylic acids is 2. The Hall–Kier alpha value is -1.63. The Balaban J connectivity index is 4.17. The zero-order valence-electron chi connectivity index (χ0n) is 9.40. The number of rotatable bonds is 6. The van der Waals surface area contributed by atoms with E-state index in [1.165, 1.54) is 0 Å². The second kappa shape index (κ2) is 6.78. The maximum absolute atomic E-state index is 11.2. The molecule has 0 bridgehead atoms. The van der Waals surface area contributed by atoms with Crippen LogP contribution in [0.15, 0.2) is 0 Å². The van der Waals surface area contributed by atoms with E-state index in [4.69, 9.17) is 10.8 Å². The quantitative estimate of drug-likeness (QED) is 0.563. The molecule has 7 heteroatoms. The van der Waals surface area contributed by atoms with Crippen molar-refractivity contribution in [3.8, 4) is 0 Å². The van der Waals surface area contributed by atoms with E-state index in [-0.39, 0.29) is 25.6 Å². The third-order valence-corrected chi connectivity index (χ3v) is 1.95. The van der Waals surface area contributed by atoms with Crippen LogP contribution in [0.2, 0.25) is 0 Å². The minimum absolute atomic E-state index is 0.0120. The fourth-order valence-electron chi connectivity index (χ4n) is 1.12. The number of hydrogen-bond donors (Lipinski definition) is 3. The molecule has 0 atom stereocenters. The van der Waals surface area contributed by atoms with Crippen LogP contribution in [0.1, 0.15) is 20.3 Å². The summed E-state index contributed by atoms with van der Waals surface area (Å²) in [7, 11) is 0. The lowest BCUT2D eigenvalue weighted by atomic mass is 10.3. The van der Waals surface area contributed by atoms with E-state index in [1.807, 2.05) is 19.2 Å². The van der Waals surface area contributed by atoms with E-state index in [0.29, 0.717) is 0 Å². The molecule has 4 N–H and O–H groups in total. The van der Waals surface area contributed by atoms with Crippen molar-refractivity contribution in [2.75, 3.05) is 13.1 Å². The number of urea groups is 1. The van der Waals surface area contributed by atoms with Crippen LogP contribution < -0.4 is 11.1 Å². The number of carboxylic acids is 1. The van der Waals surface area contributed by atoms with Crippen LogP contribution in [0.4, 0.5) is 4.79 Å². The van der Waals surface area contributed by atoms with Gasteiger partial charge in [0.15, 0.2) is 0 Å². The molecule has 0 saturated carbocycles. The molecule has 92 valence electrons. The highest BCUT2D eigenvalue weighted by molar-refractivity contribution is 5.94. The van der Waals surface area contributed by atoms with E-state index < -0.39 is 17.9 Å². The Morgan fingerprint density at radius 1 is 1.38 bits per heavy atom. The predicted octanol–water partition coefficient (Wildman–Crippen LogP) is -0.634. The molecule has 0 unspecified atom stereocenters. The van der Waals surface area contributed by atoms with Crippen molar-refractivity contribution in [1.82, 2.24) is 10.2 Å². The van der Waals surface area contributed by atoms with Crippen LogP contribution in [0, 0.1) is 0 Å². The fourth-order valence-corrected chi connectivity index (χ4v) is 1.12. The topological polar surface area (TPSA) is 113 Å². The standard InChI is InChI=1S/C9H17N3O4/c1-6(2)12(4-3-8(14)15)5-7(13)11-9(10)16/h6H,3-5H2,1-2H3,(H,14,15)(H3,10,11,13,16). The number of aliphatic carboxylic acids is 1. The number of hydrogen-bond acceptors (Lipinski definition) is 4. The van der Waals surface area contributed by atoms with Crippen molar-refractivity contribution < 1.29 is 19.5 Å². The Morgan fingerprint density at radius 2 is 1.94 bits per heavy atom. The summed E-state index contributed by atoms with van der Waals surface area (Å²) in [6.07, 6.45) is -0.0535. The summed E-state index contributed by atoms with van der Waals surface area (Å²) in [5, 5.41) is 10.4. The van der Waals surface area contributed by atoms with Gasteiger partial charge in [-0.2, -0.15) is 0 Å². The largest absolute Gasteiger partial charge is 0.481 e. The normalized spacial score (nSPS) is 10.5. The highest BCUT2D eigenvalue weighted by Crippen LogP contribution is 1.99. The molecule has 0 aromatic carbocycles. The summed E-state index contributed by atoms with van der Waals surface area (Å²) in [6, 6.07) is -0.898. The van der Waals surface area contributed by atoms with E-state index in [2.05, 4.69) is 0 Å². The first-order valence-electron chi connectivity index (χ1n) is 4.88. The molecule has 0 radical (unpaired) electrons. The second-order valence-electron chi connectivity index (χ2n) is 3.62. The molecule has 0 aliphatic rings. The Labute approximate surface area is 93.6 Å². The number of nitrogens with zero attached hydrogens (tertiary/aromatic N) is 1. The van der Waals surface area contributed by atoms with Gasteiger partial charge in [0, 0.05) is 12.6 Å². The molecule has 0 aliphatic carbocycles. The molecule has 7 nitrogen and oxygen atoms in total. The highest BCUT2D eigenvalue weighted by Gasteiger charge is 2.15. The fraction of sp³-hybridized carbons (Fsp3) is 0.667. The Kier molecular flexibility index (Phi) is 6.09. The summed E-state index contributed by atoms with van der Waals surface area (Å²) in [5.74, 6) is -1.47. The van der Waals surface area contributed by atoms with Gasteiger partial charge in [-0.05, 0) is 13.8 Å². The first-order chi connectivity index (χ1) is 7.32. The molecule has 0 aliphatic heterocycles. The molecule has 0 aromatic rings. The van der Waals surface area contributed by atoms with Crippen molar-refractivity contribution in [3.63, 3.8) is 0 Å². The van der Waals surface area contributed by atoms with Gasteiger partial charge in [0.2, 0.25) is 5.91 Å². The van der Waals surface area contributed by atoms with Gasteiger partial charge < -0.3 is 10.8 Å². The monoisotopic (exact) mass is 231 g/mol. The van der Waals surface area contributed by atoms with Gasteiger partial charge in [-0.1, -0.05) is 0 Å². The van der Waals surface area contributed by atoms with Gasteiger partial charge in [0.1, 0.15) is 0 Å². The molecule has 3 amide bonds. The zero-order chi connectivity index (χ0) is 12.7. The van der Waals surface area contributed by atoms with E-state index >= 15 is 0 Å². The van der Waals surface area contributed by atoms with Gasteiger partial charge in [-0.15, -0.1) is 0 Å². The van der Waals surface area contributed by atoms with Gasteiger partial charge in [0.25, 0.3) is 0 Å². The van der Waals surface area contributed by atoms with Crippen LogP contribution in [-0.4, -0.2) is 47.0 Å². The maximum atomic E-state index is 11.2. The third kappa shape index (κ3) is 6.77. The summed E-state index contributed by atoms with van der Waals surface area (Å²) < 4.78 is 0. The maximum Gasteiger partial charge on any atom is 0.318 e. The van der Waals surface area contributed by atoms with E-state index in [1.54, 1.807) is 4.90 Å². The van der Waals surface area contributed by atoms with Crippen LogP contribution in [0.25, 0.3) is 0 Å². The van der Waals surface area contributed by atoms with Crippen molar-refractivity contribution in [1.29, 1.82) is 0 Å². The SMILES string of the molecule is CC(C)N(CCC(=O)O)CC(=O)NC(N)=O. The van der Waals surface area contributed by atoms with E-state index in [0.717, 1.165) is 0 Å². The number of imide groups is 1. The van der Waals surface area contributed by atoms with Crippen molar-refractivity contribution in [3.05, 3.63) is 0 Å². The van der Waals surface area contributed by atoms with Crippen LogP contribution >= 0.6 is 0 Å². The Morgan fingerprint density at radius 3 is 2.31 bits per heavy atom. The molecular weight excluding hydrogens is 214 g/mol. The average Bonchev–Trinajstić information content (AvgIpc) is 2.09. The average molecular weight is 231 g/mol. The highest BCUT2D eigenvalue weighted by atomic mass is 16.4. The van der Waals surface area contributed by atoms with Gasteiger partial charge >= 0.3 is 12.0 Å². The zero-order valence-corrected chi connectivity index (χ0v) is 9.40. The molecule has 0 aromatic heterocycles. The van der Waals surface area contributed by atoms with Crippen LogP contribution in [-0.2, 0) is 9.59 Å². The van der Waals surface area contributed by atoms with Crippen molar-refractivity contribution >= 4 is 17.9 Å². The number of nitrogens with one attached hydrogen (secondary N) is 1. The summed E-state index contributed by atoms with van der Waals surface area (Å²) in [6.45, 7) is 3.87. The van der Waals surface area contributed by atoms with Gasteiger partial charge in [0.05, 0.1) is 13.0 Å². The summed E-state index contributed by atoms with van der Waals surface area (Å²) in [5.41, 5.74) is 4.78. The van der Waals surface area contributed by atoms with Gasteiger partial charge in [-0.3, -0.25) is 19.8 Å². The lowest BCUT2D eigenvalue weighted by Crippen LogP contribution is -2.45. The second-order valence-corrected chi connectivity index (χ2v) is 3.62. The predicted molar refractivity (Wildman–Crippen MR) is 56.7 cm³/mol. The lowest BCUT2D eigenvalue weighted by molar-refractivity contribution is -0.138. The molecule has 0 saturated heterocycles. The molecule has 0 rings (SSSR count). The minimum Gasteiger partial charge on any atom is -0.481 e. The minimum atomic E-state index is -0.930. The van der Waals surface area contributed by atoms with E-state index in [9.17, 15) is 14.4 Å². The van der Waals surface area contributed by atoms with Crippen molar-refractivity contribution in [2.24, 2.45) is 5.73 Å². The molecule has 0 heterocycles.